The molecule has 1 amide bonds. The molecule has 1 atom stereocenters. The van der Waals surface area contributed by atoms with E-state index in [4.69, 9.17) is 4.98 Å². The molecule has 0 spiro atoms. The Morgan fingerprint density at radius 1 is 1.10 bits per heavy atom. The van der Waals surface area contributed by atoms with Gasteiger partial charge in [0.25, 0.3) is 5.91 Å². The van der Waals surface area contributed by atoms with E-state index in [1.807, 2.05) is 60.0 Å². The molecule has 4 aromatic rings. The molecule has 5 nitrogen and oxygen atoms in total. The Balaban J connectivity index is 1.66. The van der Waals surface area contributed by atoms with Gasteiger partial charge in [0.15, 0.2) is 0 Å². The number of rotatable bonds is 3. The standard InChI is InChI=1S/C24H18BrFN4O/c1-14-21(23(31)28-18-11-9-17(26)10-12-18)22(15-5-4-6-16(25)13-15)30-20-8-3-2-7-19(20)29-24(30)27-14/h2-13,22H,1H3,(H,27,29)(H,28,31). The molecule has 154 valence electrons. The van der Waals surface area contributed by atoms with Crippen molar-refractivity contribution in [2.45, 2.75) is 13.0 Å². The molecule has 3 aromatic carbocycles. The fraction of sp³-hybridized carbons (Fsp3) is 0.0833. The summed E-state index contributed by atoms with van der Waals surface area (Å²) in [7, 11) is 0. The van der Waals surface area contributed by atoms with Crippen molar-refractivity contribution >= 4 is 44.5 Å². The maximum atomic E-state index is 13.5. The van der Waals surface area contributed by atoms with Gasteiger partial charge in [0.1, 0.15) is 5.82 Å². The summed E-state index contributed by atoms with van der Waals surface area (Å²) in [4.78, 5) is 18.2. The van der Waals surface area contributed by atoms with Crippen molar-refractivity contribution in [3.8, 4) is 0 Å². The van der Waals surface area contributed by atoms with Crippen molar-refractivity contribution in [3.63, 3.8) is 0 Å². The van der Waals surface area contributed by atoms with Crippen molar-refractivity contribution < 1.29 is 9.18 Å². The first kappa shape index (κ1) is 19.5. The smallest absolute Gasteiger partial charge is 0.255 e. The van der Waals surface area contributed by atoms with Gasteiger partial charge in [-0.25, -0.2) is 9.37 Å². The highest BCUT2D eigenvalue weighted by atomic mass is 79.9. The van der Waals surface area contributed by atoms with Gasteiger partial charge in [0.05, 0.1) is 22.6 Å². The lowest BCUT2D eigenvalue weighted by atomic mass is 9.94. The number of anilines is 2. The van der Waals surface area contributed by atoms with Crippen LogP contribution >= 0.6 is 15.9 Å². The van der Waals surface area contributed by atoms with E-state index in [0.29, 0.717) is 22.9 Å². The Bertz CT molecular complexity index is 1340. The molecule has 0 bridgehead atoms. The number of allylic oxidation sites excluding steroid dienone is 1. The van der Waals surface area contributed by atoms with Crippen molar-refractivity contribution in [2.24, 2.45) is 0 Å². The van der Waals surface area contributed by atoms with E-state index in [1.165, 1.54) is 12.1 Å². The van der Waals surface area contributed by atoms with Gasteiger partial charge < -0.3 is 10.6 Å². The minimum atomic E-state index is -0.387. The number of imidazole rings is 1. The van der Waals surface area contributed by atoms with Crippen LogP contribution in [0.4, 0.5) is 16.0 Å². The SMILES string of the molecule is CC1=C(C(=O)Nc2ccc(F)cc2)C(c2cccc(Br)c2)n2c(nc3ccccc32)N1. The van der Waals surface area contributed by atoms with E-state index in [1.54, 1.807) is 12.1 Å². The van der Waals surface area contributed by atoms with E-state index in [0.717, 1.165) is 21.1 Å². The number of aromatic nitrogens is 2. The zero-order chi connectivity index (χ0) is 21.5. The Morgan fingerprint density at radius 3 is 2.65 bits per heavy atom. The van der Waals surface area contributed by atoms with Gasteiger partial charge >= 0.3 is 0 Å². The maximum Gasteiger partial charge on any atom is 0.255 e. The van der Waals surface area contributed by atoms with Crippen LogP contribution in [0.2, 0.25) is 0 Å². The predicted molar refractivity (Wildman–Crippen MR) is 123 cm³/mol. The van der Waals surface area contributed by atoms with Crippen LogP contribution in [0.5, 0.6) is 0 Å². The predicted octanol–water partition coefficient (Wildman–Crippen LogP) is 5.87. The minimum absolute atomic E-state index is 0.259. The minimum Gasteiger partial charge on any atom is -0.329 e. The number of nitrogens with one attached hydrogen (secondary N) is 2. The van der Waals surface area contributed by atoms with Crippen LogP contribution in [0.25, 0.3) is 11.0 Å². The summed E-state index contributed by atoms with van der Waals surface area (Å²) in [5, 5.41) is 6.19. The van der Waals surface area contributed by atoms with Gasteiger partial charge in [-0.05, 0) is 61.0 Å². The van der Waals surface area contributed by atoms with E-state index >= 15 is 0 Å². The maximum absolute atomic E-state index is 13.5. The number of amides is 1. The van der Waals surface area contributed by atoms with Gasteiger partial charge in [0, 0.05) is 15.9 Å². The molecular weight excluding hydrogens is 459 g/mol. The van der Waals surface area contributed by atoms with Crippen LogP contribution in [0.3, 0.4) is 0 Å². The van der Waals surface area contributed by atoms with Crippen molar-refractivity contribution in [1.82, 2.24) is 9.55 Å². The number of halogens is 2. The quantitative estimate of drug-likeness (QED) is 0.388. The largest absolute Gasteiger partial charge is 0.329 e. The lowest BCUT2D eigenvalue weighted by Gasteiger charge is -2.30. The number of para-hydroxylation sites is 2. The first-order valence-corrected chi connectivity index (χ1v) is 10.6. The summed E-state index contributed by atoms with van der Waals surface area (Å²) in [5.74, 6) is 0.0706. The van der Waals surface area contributed by atoms with E-state index in [-0.39, 0.29) is 17.8 Å². The average molecular weight is 477 g/mol. The molecule has 0 saturated carbocycles. The molecule has 1 aromatic heterocycles. The molecule has 0 fully saturated rings. The second kappa shape index (κ2) is 7.67. The summed E-state index contributed by atoms with van der Waals surface area (Å²) in [6.45, 7) is 1.87. The molecule has 1 unspecified atom stereocenters. The molecule has 0 saturated heterocycles. The highest BCUT2D eigenvalue weighted by Gasteiger charge is 2.34. The van der Waals surface area contributed by atoms with Crippen LogP contribution in [0.15, 0.2) is 88.5 Å². The second-order valence-corrected chi connectivity index (χ2v) is 8.29. The number of nitrogens with zero attached hydrogens (tertiary/aromatic N) is 2. The van der Waals surface area contributed by atoms with E-state index in [9.17, 15) is 9.18 Å². The lowest BCUT2D eigenvalue weighted by Crippen LogP contribution is -2.30. The number of carbonyl (C=O) groups is 1. The molecule has 7 heteroatoms. The summed E-state index contributed by atoms with van der Waals surface area (Å²) in [6.07, 6.45) is 0. The zero-order valence-corrected chi connectivity index (χ0v) is 18.2. The zero-order valence-electron chi connectivity index (χ0n) is 16.6. The monoisotopic (exact) mass is 476 g/mol. The summed E-state index contributed by atoms with van der Waals surface area (Å²) in [5.41, 5.74) is 4.53. The molecule has 0 radical (unpaired) electrons. The summed E-state index contributed by atoms with van der Waals surface area (Å²) >= 11 is 3.55. The Kier molecular flexibility index (Phi) is 4.82. The third-order valence-electron chi connectivity index (χ3n) is 5.34. The number of hydrogen-bond acceptors (Lipinski definition) is 3. The molecule has 31 heavy (non-hydrogen) atoms. The van der Waals surface area contributed by atoms with Crippen LogP contribution in [0, 0.1) is 5.82 Å². The van der Waals surface area contributed by atoms with Gasteiger partial charge in [-0.15, -0.1) is 0 Å². The topological polar surface area (TPSA) is 59.0 Å². The second-order valence-electron chi connectivity index (χ2n) is 7.38. The van der Waals surface area contributed by atoms with Crippen molar-refractivity contribution in [3.05, 3.63) is 99.9 Å². The Hall–Kier alpha value is -3.45. The third kappa shape index (κ3) is 3.51. The Labute approximate surface area is 186 Å². The fourth-order valence-corrected chi connectivity index (χ4v) is 4.40. The molecule has 2 N–H and O–H groups in total. The van der Waals surface area contributed by atoms with Crippen LogP contribution in [-0.4, -0.2) is 15.5 Å². The Morgan fingerprint density at radius 2 is 1.87 bits per heavy atom. The van der Waals surface area contributed by atoms with Crippen LogP contribution in [0.1, 0.15) is 18.5 Å². The molecule has 0 aliphatic carbocycles. The van der Waals surface area contributed by atoms with Gasteiger partial charge in [-0.3, -0.25) is 9.36 Å². The van der Waals surface area contributed by atoms with Crippen molar-refractivity contribution in [2.75, 3.05) is 10.6 Å². The third-order valence-corrected chi connectivity index (χ3v) is 5.84. The molecular formula is C24H18BrFN4O. The highest BCUT2D eigenvalue weighted by molar-refractivity contribution is 9.10. The molecule has 1 aliphatic heterocycles. The van der Waals surface area contributed by atoms with Crippen LogP contribution < -0.4 is 10.6 Å². The highest BCUT2D eigenvalue weighted by Crippen LogP contribution is 2.40. The van der Waals surface area contributed by atoms with Crippen molar-refractivity contribution in [1.29, 1.82) is 0 Å². The number of hydrogen-bond donors (Lipinski definition) is 2. The average Bonchev–Trinajstić information content (AvgIpc) is 3.12. The van der Waals surface area contributed by atoms with E-state index < -0.39 is 0 Å². The fourth-order valence-electron chi connectivity index (χ4n) is 3.98. The first-order valence-electron chi connectivity index (χ1n) is 9.78. The molecule has 2 heterocycles. The number of benzene rings is 3. The number of fused-ring (bicyclic) bond motifs is 3. The molecule has 1 aliphatic rings. The van der Waals surface area contributed by atoms with E-state index in [2.05, 4.69) is 26.6 Å². The first-order chi connectivity index (χ1) is 15.0. The van der Waals surface area contributed by atoms with Gasteiger partial charge in [0.2, 0.25) is 5.95 Å². The lowest BCUT2D eigenvalue weighted by molar-refractivity contribution is -0.113. The summed E-state index contributed by atoms with van der Waals surface area (Å²) < 4.78 is 16.3. The van der Waals surface area contributed by atoms with Gasteiger partial charge in [-0.2, -0.15) is 0 Å². The van der Waals surface area contributed by atoms with Gasteiger partial charge in [-0.1, -0.05) is 40.2 Å². The van der Waals surface area contributed by atoms with Crippen LogP contribution in [-0.2, 0) is 4.79 Å². The number of carbonyl (C=O) groups excluding carboxylic acids is 1. The summed E-state index contributed by atoms with van der Waals surface area (Å²) in [6, 6.07) is 21.1. The normalized spacial score (nSPS) is 15.5. The molecule has 5 rings (SSSR count).